The zero-order valence-corrected chi connectivity index (χ0v) is 20.5. The summed E-state index contributed by atoms with van der Waals surface area (Å²) in [5.74, 6) is 0.979. The molecule has 0 amide bonds. The summed E-state index contributed by atoms with van der Waals surface area (Å²) >= 11 is 0. The van der Waals surface area contributed by atoms with Gasteiger partial charge >= 0.3 is 10.0 Å². The zero-order chi connectivity index (χ0) is 24.5. The van der Waals surface area contributed by atoms with Crippen LogP contribution in [0.4, 0.5) is 5.69 Å². The second-order valence-electron chi connectivity index (χ2n) is 8.21. The van der Waals surface area contributed by atoms with Gasteiger partial charge in [-0.15, -0.1) is 0 Å². The minimum atomic E-state index is -4.16. The molecule has 8 nitrogen and oxygen atoms in total. The summed E-state index contributed by atoms with van der Waals surface area (Å²) in [5, 5.41) is 1.38. The van der Waals surface area contributed by atoms with E-state index in [1.165, 1.54) is 5.01 Å². The quantitative estimate of drug-likeness (QED) is 0.283. The predicted octanol–water partition coefficient (Wildman–Crippen LogP) is 3.82. The molecule has 0 bridgehead atoms. The smallest absolute Gasteiger partial charge is 0.308 e. The Hall–Kier alpha value is -3.56. The number of aromatic nitrogens is 3. The maximum absolute atomic E-state index is 12.4. The van der Waals surface area contributed by atoms with E-state index in [0.29, 0.717) is 17.8 Å². The van der Waals surface area contributed by atoms with Crippen LogP contribution in [0.25, 0.3) is 22.3 Å². The number of para-hydroxylation sites is 1. The number of nitrogens with zero attached hydrogens (tertiary/aromatic N) is 5. The summed E-state index contributed by atoms with van der Waals surface area (Å²) in [7, 11) is -0.995. The third-order valence-electron chi connectivity index (χ3n) is 5.67. The Labute approximate surface area is 199 Å². The molecular weight excluding hydrogens is 450 g/mol. The van der Waals surface area contributed by atoms with E-state index in [4.69, 9.17) is 4.98 Å². The number of hydrazine groups is 1. The first-order valence-corrected chi connectivity index (χ1v) is 12.4. The van der Waals surface area contributed by atoms with Crippen molar-refractivity contribution in [3.63, 3.8) is 0 Å². The highest BCUT2D eigenvalue weighted by Gasteiger charge is 2.26. The Kier molecular flexibility index (Phi) is 6.49. The second-order valence-corrected chi connectivity index (χ2v) is 9.78. The zero-order valence-electron chi connectivity index (χ0n) is 19.6. The summed E-state index contributed by atoms with van der Waals surface area (Å²) in [4.78, 5) is 20.6. The lowest BCUT2D eigenvalue weighted by Gasteiger charge is -2.29. The number of fused-ring (bicyclic) bond motifs is 1. The number of hydrogen-bond acceptors (Lipinski definition) is 6. The van der Waals surface area contributed by atoms with E-state index >= 15 is 0 Å². The van der Waals surface area contributed by atoms with Crippen LogP contribution < -0.4 is 4.41 Å². The third-order valence-corrected chi connectivity index (χ3v) is 6.92. The minimum Gasteiger partial charge on any atom is -0.308 e. The third kappa shape index (κ3) is 4.32. The SMILES string of the molecule is CCc1nc2c(C)ccnc2n1Cc1ccc(-c2ccccc2N(N(C)C)S(=O)(=O)C=O)cc1. The lowest BCUT2D eigenvalue weighted by atomic mass is 10.0. The van der Waals surface area contributed by atoms with Gasteiger partial charge in [-0.3, -0.25) is 4.79 Å². The first-order chi connectivity index (χ1) is 16.3. The van der Waals surface area contributed by atoms with Crippen molar-refractivity contribution in [2.24, 2.45) is 0 Å². The van der Waals surface area contributed by atoms with Crippen LogP contribution in [-0.4, -0.2) is 47.7 Å². The van der Waals surface area contributed by atoms with E-state index in [9.17, 15) is 13.2 Å². The highest BCUT2D eigenvalue weighted by molar-refractivity contribution is 8.05. The molecule has 4 rings (SSSR count). The van der Waals surface area contributed by atoms with Crippen LogP contribution >= 0.6 is 0 Å². The van der Waals surface area contributed by atoms with E-state index in [0.717, 1.165) is 44.5 Å². The fraction of sp³-hybridized carbons (Fsp3) is 0.240. The normalized spacial score (nSPS) is 11.8. The summed E-state index contributed by atoms with van der Waals surface area (Å²) < 4.78 is 28.0. The summed E-state index contributed by atoms with van der Waals surface area (Å²) in [5.41, 5.74) is 5.87. The number of anilines is 1. The average Bonchev–Trinajstić information content (AvgIpc) is 3.18. The molecule has 4 aromatic rings. The Morgan fingerprint density at radius 1 is 1.03 bits per heavy atom. The van der Waals surface area contributed by atoms with Gasteiger partial charge in [-0.1, -0.05) is 49.4 Å². The van der Waals surface area contributed by atoms with Crippen molar-refractivity contribution in [3.05, 3.63) is 77.7 Å². The molecular formula is C25H27N5O3S. The van der Waals surface area contributed by atoms with Crippen LogP contribution in [0.1, 0.15) is 23.9 Å². The molecule has 2 aromatic heterocycles. The molecule has 0 radical (unpaired) electrons. The van der Waals surface area contributed by atoms with E-state index in [1.54, 1.807) is 32.4 Å². The van der Waals surface area contributed by atoms with Crippen molar-refractivity contribution in [2.45, 2.75) is 26.8 Å². The maximum atomic E-state index is 12.4. The molecule has 0 unspecified atom stereocenters. The van der Waals surface area contributed by atoms with Crippen molar-refractivity contribution in [1.82, 2.24) is 19.5 Å². The van der Waals surface area contributed by atoms with E-state index in [1.807, 2.05) is 49.4 Å². The molecule has 0 saturated heterocycles. The van der Waals surface area contributed by atoms with E-state index < -0.39 is 10.0 Å². The molecule has 2 heterocycles. The van der Waals surface area contributed by atoms with Crippen molar-refractivity contribution in [2.75, 3.05) is 18.5 Å². The van der Waals surface area contributed by atoms with Crippen molar-refractivity contribution < 1.29 is 13.2 Å². The van der Waals surface area contributed by atoms with E-state index in [-0.39, 0.29) is 5.62 Å². The molecule has 0 atom stereocenters. The molecule has 176 valence electrons. The lowest BCUT2D eigenvalue weighted by molar-refractivity contribution is 0.427. The number of rotatable bonds is 8. The Morgan fingerprint density at radius 2 is 1.74 bits per heavy atom. The fourth-order valence-electron chi connectivity index (χ4n) is 4.10. The summed E-state index contributed by atoms with van der Waals surface area (Å²) in [6.07, 6.45) is 2.60. The number of carbonyl (C=O) groups is 1. The number of aryl methyl sites for hydroxylation is 2. The van der Waals surface area contributed by atoms with Crippen LogP contribution in [0.15, 0.2) is 60.8 Å². The lowest BCUT2D eigenvalue weighted by Crippen LogP contribution is -2.42. The number of imidazole rings is 1. The molecule has 9 heteroatoms. The van der Waals surface area contributed by atoms with Gasteiger partial charge < -0.3 is 4.57 Å². The standard InChI is InChI=1S/C25H27N5O3S/c1-5-23-27-24-18(2)14-15-26-25(24)29(23)16-19-10-12-20(13-11-19)21-8-6-7-9-22(21)30(28(3)4)34(32,33)17-31/h6-15,17H,5,16H2,1-4H3. The number of sulfonamides is 1. The Balaban J connectivity index is 1.71. The number of pyridine rings is 1. The monoisotopic (exact) mass is 477 g/mol. The van der Waals surface area contributed by atoms with Gasteiger partial charge in [0.2, 0.25) is 0 Å². The van der Waals surface area contributed by atoms with Gasteiger partial charge in [0.05, 0.1) is 12.2 Å². The van der Waals surface area contributed by atoms with Crippen LogP contribution in [0.2, 0.25) is 0 Å². The van der Waals surface area contributed by atoms with Crippen molar-refractivity contribution >= 4 is 32.5 Å². The highest BCUT2D eigenvalue weighted by Crippen LogP contribution is 2.33. The maximum Gasteiger partial charge on any atom is 0.308 e. The molecule has 0 fully saturated rings. The van der Waals surface area contributed by atoms with Crippen LogP contribution in [-0.2, 0) is 27.8 Å². The van der Waals surface area contributed by atoms with Gasteiger partial charge in [0.25, 0.3) is 5.62 Å². The number of carbonyl (C=O) groups excluding carboxylic acids is 1. The van der Waals surface area contributed by atoms with Crippen molar-refractivity contribution in [1.29, 1.82) is 0 Å². The largest absolute Gasteiger partial charge is 0.308 e. The molecule has 0 spiro atoms. The van der Waals surface area contributed by atoms with Gasteiger partial charge in [-0.2, -0.15) is 12.8 Å². The van der Waals surface area contributed by atoms with Crippen LogP contribution in [0, 0.1) is 6.92 Å². The average molecular weight is 478 g/mol. The molecule has 0 aliphatic heterocycles. The summed E-state index contributed by atoms with van der Waals surface area (Å²) in [6.45, 7) is 4.74. The number of hydrogen-bond donors (Lipinski definition) is 0. The van der Waals surface area contributed by atoms with Crippen molar-refractivity contribution in [3.8, 4) is 11.1 Å². The molecule has 0 aliphatic carbocycles. The van der Waals surface area contributed by atoms with E-state index in [2.05, 4.69) is 16.5 Å². The van der Waals surface area contributed by atoms with Crippen LogP contribution in [0.5, 0.6) is 0 Å². The second kappa shape index (κ2) is 9.36. The molecule has 34 heavy (non-hydrogen) atoms. The minimum absolute atomic E-state index is 0.0383. The Bertz CT molecular complexity index is 1440. The van der Waals surface area contributed by atoms with Gasteiger partial charge in [0.1, 0.15) is 11.3 Å². The first kappa shape index (κ1) is 23.6. The molecule has 0 aliphatic rings. The van der Waals surface area contributed by atoms with Crippen LogP contribution in [0.3, 0.4) is 0 Å². The highest BCUT2D eigenvalue weighted by atomic mass is 32.2. The first-order valence-electron chi connectivity index (χ1n) is 10.9. The Morgan fingerprint density at radius 3 is 2.38 bits per heavy atom. The molecule has 2 aromatic carbocycles. The van der Waals surface area contributed by atoms with Gasteiger partial charge in [0.15, 0.2) is 5.65 Å². The fourth-order valence-corrected chi connectivity index (χ4v) is 5.07. The summed E-state index contributed by atoms with van der Waals surface area (Å²) in [6, 6.07) is 17.0. The van der Waals surface area contributed by atoms with Gasteiger partial charge in [0, 0.05) is 32.3 Å². The molecule has 0 saturated carbocycles. The number of benzene rings is 2. The molecule has 0 N–H and O–H groups in total. The topological polar surface area (TPSA) is 88.4 Å². The predicted molar refractivity (Wildman–Crippen MR) is 134 cm³/mol. The van der Waals surface area contributed by atoms with Gasteiger partial charge in [-0.25, -0.2) is 15.0 Å². The van der Waals surface area contributed by atoms with Gasteiger partial charge in [-0.05, 0) is 35.7 Å².